The summed E-state index contributed by atoms with van der Waals surface area (Å²) >= 11 is 0. The highest BCUT2D eigenvalue weighted by Crippen LogP contribution is 2.34. The summed E-state index contributed by atoms with van der Waals surface area (Å²) in [6, 6.07) is 15.4. The first-order valence-corrected chi connectivity index (χ1v) is 10.1. The maximum Gasteiger partial charge on any atom is 0.252 e. The zero-order valence-electron chi connectivity index (χ0n) is 17.1. The molecule has 5 nitrogen and oxygen atoms in total. The van der Waals surface area contributed by atoms with Crippen LogP contribution in [0, 0.1) is 12.8 Å². The van der Waals surface area contributed by atoms with Crippen LogP contribution in [-0.2, 0) is 0 Å². The lowest BCUT2D eigenvalue weighted by molar-refractivity contribution is 0.0927. The predicted octanol–water partition coefficient (Wildman–Crippen LogP) is 4.83. The predicted molar refractivity (Wildman–Crippen MR) is 114 cm³/mol. The molecule has 1 atom stereocenters. The fourth-order valence-electron chi connectivity index (χ4n) is 3.72. The first-order valence-electron chi connectivity index (χ1n) is 10.1. The van der Waals surface area contributed by atoms with E-state index < -0.39 is 0 Å². The van der Waals surface area contributed by atoms with E-state index in [0.717, 1.165) is 40.1 Å². The van der Waals surface area contributed by atoms with E-state index in [-0.39, 0.29) is 17.9 Å². The van der Waals surface area contributed by atoms with Crippen molar-refractivity contribution in [3.63, 3.8) is 0 Å². The number of pyridine rings is 1. The number of fused-ring (bicyclic) bond motifs is 2. The van der Waals surface area contributed by atoms with E-state index in [0.29, 0.717) is 18.8 Å². The normalized spacial score (nSPS) is 14.5. The Kier molecular flexibility index (Phi) is 5.38. The lowest BCUT2D eigenvalue weighted by Crippen LogP contribution is -2.32. The van der Waals surface area contributed by atoms with E-state index in [4.69, 9.17) is 9.47 Å². The summed E-state index contributed by atoms with van der Waals surface area (Å²) in [6.45, 7) is 7.41. The highest BCUT2D eigenvalue weighted by molar-refractivity contribution is 6.06. The van der Waals surface area contributed by atoms with Crippen molar-refractivity contribution in [1.82, 2.24) is 10.3 Å². The zero-order chi connectivity index (χ0) is 20.4. The van der Waals surface area contributed by atoms with Gasteiger partial charge in [0, 0.05) is 17.5 Å². The Morgan fingerprint density at radius 3 is 2.59 bits per heavy atom. The Hall–Kier alpha value is -3.08. The lowest BCUT2D eigenvalue weighted by atomic mass is 9.95. The van der Waals surface area contributed by atoms with Crippen LogP contribution < -0.4 is 14.8 Å². The number of rotatable bonds is 4. The standard InChI is InChI=1S/C24H26N2O3/c1-15(2)23(17-9-10-21-22(14-17)29-12-6-11-28-21)26-24(27)19-13-16(3)25-20-8-5-4-7-18(19)20/h4-5,7-10,13-15,23H,6,11-12H2,1-3H3,(H,26,27)/t23-/m1/s1. The lowest BCUT2D eigenvalue weighted by Gasteiger charge is -2.24. The molecule has 0 aliphatic carbocycles. The molecule has 0 spiro atoms. The Labute approximate surface area is 171 Å². The third-order valence-corrected chi connectivity index (χ3v) is 5.17. The Morgan fingerprint density at radius 1 is 1.03 bits per heavy atom. The smallest absolute Gasteiger partial charge is 0.252 e. The molecule has 2 heterocycles. The van der Waals surface area contributed by atoms with Crippen molar-refractivity contribution in [1.29, 1.82) is 0 Å². The Bertz CT molecular complexity index is 1050. The second-order valence-corrected chi connectivity index (χ2v) is 7.78. The first-order chi connectivity index (χ1) is 14.0. The van der Waals surface area contributed by atoms with Crippen molar-refractivity contribution in [2.75, 3.05) is 13.2 Å². The molecule has 0 radical (unpaired) electrons. The number of hydrogen-bond acceptors (Lipinski definition) is 4. The number of nitrogens with one attached hydrogen (secondary N) is 1. The number of amides is 1. The van der Waals surface area contributed by atoms with Gasteiger partial charge in [0.05, 0.1) is 30.3 Å². The number of hydrogen-bond donors (Lipinski definition) is 1. The van der Waals surface area contributed by atoms with E-state index in [2.05, 4.69) is 24.1 Å². The van der Waals surface area contributed by atoms with Gasteiger partial charge in [-0.05, 0) is 42.7 Å². The van der Waals surface area contributed by atoms with Gasteiger partial charge in [0.25, 0.3) is 5.91 Å². The van der Waals surface area contributed by atoms with Gasteiger partial charge in [-0.3, -0.25) is 9.78 Å². The van der Waals surface area contributed by atoms with Crippen molar-refractivity contribution in [3.8, 4) is 11.5 Å². The molecule has 1 aliphatic rings. The van der Waals surface area contributed by atoms with Gasteiger partial charge in [-0.25, -0.2) is 0 Å². The van der Waals surface area contributed by atoms with E-state index in [1.165, 1.54) is 0 Å². The highest BCUT2D eigenvalue weighted by atomic mass is 16.5. The number of carbonyl (C=O) groups is 1. The number of aromatic nitrogens is 1. The monoisotopic (exact) mass is 390 g/mol. The molecule has 0 unspecified atom stereocenters. The van der Waals surface area contributed by atoms with Crippen LogP contribution in [0.2, 0.25) is 0 Å². The van der Waals surface area contributed by atoms with Gasteiger partial charge < -0.3 is 14.8 Å². The van der Waals surface area contributed by atoms with Crippen LogP contribution in [0.4, 0.5) is 0 Å². The molecule has 5 heteroatoms. The van der Waals surface area contributed by atoms with Crippen molar-refractivity contribution < 1.29 is 14.3 Å². The van der Waals surface area contributed by atoms with E-state index in [1.807, 2.05) is 55.5 Å². The van der Waals surface area contributed by atoms with Crippen LogP contribution >= 0.6 is 0 Å². The first kappa shape index (κ1) is 19.2. The SMILES string of the molecule is Cc1cc(C(=O)N[C@@H](c2ccc3c(c2)OCCCO3)C(C)C)c2ccccc2n1. The minimum atomic E-state index is -0.146. The number of nitrogens with zero attached hydrogens (tertiary/aromatic N) is 1. The van der Waals surface area contributed by atoms with Crippen LogP contribution in [0.25, 0.3) is 10.9 Å². The van der Waals surface area contributed by atoms with Gasteiger partial charge in [0.15, 0.2) is 11.5 Å². The molecule has 4 rings (SSSR count). The summed E-state index contributed by atoms with van der Waals surface area (Å²) in [7, 11) is 0. The third kappa shape index (κ3) is 4.04. The topological polar surface area (TPSA) is 60.5 Å². The van der Waals surface area contributed by atoms with Gasteiger partial charge in [-0.1, -0.05) is 38.1 Å². The molecule has 2 aromatic carbocycles. The van der Waals surface area contributed by atoms with Crippen LogP contribution in [0.3, 0.4) is 0 Å². The van der Waals surface area contributed by atoms with Gasteiger partial charge >= 0.3 is 0 Å². The van der Waals surface area contributed by atoms with Gasteiger partial charge in [0.2, 0.25) is 0 Å². The van der Waals surface area contributed by atoms with E-state index >= 15 is 0 Å². The maximum absolute atomic E-state index is 13.2. The molecule has 29 heavy (non-hydrogen) atoms. The third-order valence-electron chi connectivity index (χ3n) is 5.17. The fourth-order valence-corrected chi connectivity index (χ4v) is 3.72. The molecule has 1 amide bonds. The van der Waals surface area contributed by atoms with Crippen molar-refractivity contribution in [2.45, 2.75) is 33.2 Å². The molecule has 0 saturated heterocycles. The fraction of sp³-hybridized carbons (Fsp3) is 0.333. The number of ether oxygens (including phenoxy) is 2. The number of aryl methyl sites for hydroxylation is 1. The molecular formula is C24H26N2O3. The van der Waals surface area contributed by atoms with Crippen LogP contribution in [0.15, 0.2) is 48.5 Å². The molecule has 1 N–H and O–H groups in total. The van der Waals surface area contributed by atoms with E-state index in [1.54, 1.807) is 0 Å². The minimum Gasteiger partial charge on any atom is -0.490 e. The molecule has 0 saturated carbocycles. The Morgan fingerprint density at radius 2 is 1.79 bits per heavy atom. The van der Waals surface area contributed by atoms with Crippen molar-refractivity contribution in [3.05, 3.63) is 65.4 Å². The van der Waals surface area contributed by atoms with Crippen molar-refractivity contribution in [2.24, 2.45) is 5.92 Å². The van der Waals surface area contributed by atoms with E-state index in [9.17, 15) is 4.79 Å². The molecular weight excluding hydrogens is 364 g/mol. The van der Waals surface area contributed by atoms with Gasteiger partial charge in [-0.15, -0.1) is 0 Å². The molecule has 150 valence electrons. The molecule has 0 fully saturated rings. The largest absolute Gasteiger partial charge is 0.490 e. The minimum absolute atomic E-state index is 0.0995. The summed E-state index contributed by atoms with van der Waals surface area (Å²) in [5.41, 5.74) is 3.31. The zero-order valence-corrected chi connectivity index (χ0v) is 17.1. The maximum atomic E-state index is 13.2. The molecule has 1 aromatic heterocycles. The van der Waals surface area contributed by atoms with Crippen LogP contribution in [-0.4, -0.2) is 24.1 Å². The summed E-state index contributed by atoms with van der Waals surface area (Å²) in [4.78, 5) is 17.8. The number of para-hydroxylation sites is 1. The Balaban J connectivity index is 1.66. The second kappa shape index (κ2) is 8.11. The summed E-state index contributed by atoms with van der Waals surface area (Å²) in [5, 5.41) is 4.09. The average Bonchev–Trinajstić information content (AvgIpc) is 2.95. The number of carbonyl (C=O) groups excluding carboxylic acids is 1. The van der Waals surface area contributed by atoms with Crippen LogP contribution in [0.5, 0.6) is 11.5 Å². The van der Waals surface area contributed by atoms with Crippen molar-refractivity contribution >= 4 is 16.8 Å². The van der Waals surface area contributed by atoms with Crippen LogP contribution in [0.1, 0.15) is 47.9 Å². The van der Waals surface area contributed by atoms with Gasteiger partial charge in [-0.2, -0.15) is 0 Å². The highest BCUT2D eigenvalue weighted by Gasteiger charge is 2.23. The average molecular weight is 390 g/mol. The molecule has 0 bridgehead atoms. The summed E-state index contributed by atoms with van der Waals surface area (Å²) in [5.74, 6) is 1.61. The second-order valence-electron chi connectivity index (χ2n) is 7.78. The summed E-state index contributed by atoms with van der Waals surface area (Å²) < 4.78 is 11.6. The number of benzene rings is 2. The molecule has 3 aromatic rings. The molecule has 1 aliphatic heterocycles. The quantitative estimate of drug-likeness (QED) is 0.693. The summed E-state index contributed by atoms with van der Waals surface area (Å²) in [6.07, 6.45) is 0.864. The van der Waals surface area contributed by atoms with Gasteiger partial charge in [0.1, 0.15) is 0 Å².